The molecule has 0 aliphatic carbocycles. The zero-order valence-corrected chi connectivity index (χ0v) is 14.4. The van der Waals surface area contributed by atoms with Crippen molar-refractivity contribution in [2.75, 3.05) is 0 Å². The normalized spacial score (nSPS) is 13.1. The van der Waals surface area contributed by atoms with Crippen LogP contribution in [0.1, 0.15) is 46.0 Å². The first-order chi connectivity index (χ1) is 7.33. The van der Waals surface area contributed by atoms with Crippen molar-refractivity contribution in [1.29, 1.82) is 0 Å². The number of unbranched alkanes of at least 4 members (excludes halogenated alkanes) is 3. The van der Waals surface area contributed by atoms with E-state index in [-0.39, 0.29) is 0 Å². The van der Waals surface area contributed by atoms with Gasteiger partial charge in [-0.3, -0.25) is 0 Å². The van der Waals surface area contributed by atoms with Crippen LogP contribution in [0.15, 0.2) is 0 Å². The van der Waals surface area contributed by atoms with Gasteiger partial charge in [0, 0.05) is 0 Å². The lowest BCUT2D eigenvalue weighted by molar-refractivity contribution is 0.527. The van der Waals surface area contributed by atoms with Crippen molar-refractivity contribution < 1.29 is 4.12 Å². The van der Waals surface area contributed by atoms with Crippen molar-refractivity contribution in [3.05, 3.63) is 0 Å². The van der Waals surface area contributed by atoms with E-state index < -0.39 is 16.6 Å². The highest BCUT2D eigenvalue weighted by atomic mass is 28.4. The van der Waals surface area contributed by atoms with Crippen molar-refractivity contribution in [3.8, 4) is 0 Å². The Morgan fingerprint density at radius 3 is 1.56 bits per heavy atom. The Morgan fingerprint density at radius 2 is 1.12 bits per heavy atom. The molecule has 0 saturated carbocycles. The topological polar surface area (TPSA) is 9.23 Å². The van der Waals surface area contributed by atoms with Gasteiger partial charge in [-0.05, 0) is 38.3 Å². The summed E-state index contributed by atoms with van der Waals surface area (Å²) in [5.74, 6) is 0. The fraction of sp³-hybridized carbons (Fsp3) is 1.00. The molecule has 0 atom stereocenters. The fourth-order valence-corrected chi connectivity index (χ4v) is 11.4. The molecular weight excluding hydrogens is 228 g/mol. The summed E-state index contributed by atoms with van der Waals surface area (Å²) in [4.78, 5) is 0. The highest BCUT2D eigenvalue weighted by molar-refractivity contribution is 6.84. The molecule has 0 bridgehead atoms. The Hall–Kier alpha value is 0.394. The van der Waals surface area contributed by atoms with Crippen molar-refractivity contribution in [2.45, 2.75) is 84.2 Å². The minimum absolute atomic E-state index is 1.30. The molecule has 0 unspecified atom stereocenters. The molecule has 0 spiro atoms. The van der Waals surface area contributed by atoms with E-state index in [4.69, 9.17) is 4.12 Å². The average molecular weight is 261 g/mol. The summed E-state index contributed by atoms with van der Waals surface area (Å²) in [6.07, 6.45) is 6.71. The number of hydrogen-bond acceptors (Lipinski definition) is 1. The maximum atomic E-state index is 6.55. The molecule has 0 heterocycles. The molecule has 0 aromatic rings. The van der Waals surface area contributed by atoms with Crippen LogP contribution < -0.4 is 0 Å². The molecule has 0 fully saturated rings. The molecule has 3 heteroatoms. The van der Waals surface area contributed by atoms with E-state index in [2.05, 4.69) is 40.0 Å². The molecule has 0 radical (unpaired) electrons. The van der Waals surface area contributed by atoms with Crippen LogP contribution >= 0.6 is 0 Å². The van der Waals surface area contributed by atoms with E-state index in [1.807, 2.05) is 0 Å². The van der Waals surface area contributed by atoms with E-state index in [1.165, 1.54) is 44.2 Å². The standard InChI is InChI=1S/C13H32OSi2/c1-7-9-11-13-16(5,6)14-15(3,4)12-10-8-2/h7-13H2,1-6H3. The van der Waals surface area contributed by atoms with Crippen LogP contribution in [0.5, 0.6) is 0 Å². The van der Waals surface area contributed by atoms with Crippen LogP contribution in [-0.4, -0.2) is 16.6 Å². The third kappa shape index (κ3) is 8.53. The monoisotopic (exact) mass is 260 g/mol. The Labute approximate surface area is 105 Å². The van der Waals surface area contributed by atoms with Gasteiger partial charge in [0.05, 0.1) is 0 Å². The Morgan fingerprint density at radius 1 is 0.688 bits per heavy atom. The first-order valence-electron chi connectivity index (χ1n) is 7.03. The maximum absolute atomic E-state index is 6.55. The Balaban J connectivity index is 4.01. The molecule has 16 heavy (non-hydrogen) atoms. The second-order valence-electron chi connectivity index (χ2n) is 6.18. The van der Waals surface area contributed by atoms with Gasteiger partial charge in [0.25, 0.3) is 0 Å². The highest BCUT2D eigenvalue weighted by Gasteiger charge is 2.31. The minimum atomic E-state index is -1.36. The van der Waals surface area contributed by atoms with Gasteiger partial charge in [0.1, 0.15) is 0 Å². The molecular formula is C13H32OSi2. The third-order valence-electron chi connectivity index (χ3n) is 3.07. The molecule has 0 aliphatic heterocycles. The molecule has 0 N–H and O–H groups in total. The van der Waals surface area contributed by atoms with Gasteiger partial charge in [-0.2, -0.15) is 0 Å². The van der Waals surface area contributed by atoms with Gasteiger partial charge in [0.15, 0.2) is 16.6 Å². The van der Waals surface area contributed by atoms with Gasteiger partial charge in [-0.15, -0.1) is 0 Å². The van der Waals surface area contributed by atoms with Crippen LogP contribution in [0.25, 0.3) is 0 Å². The summed E-state index contributed by atoms with van der Waals surface area (Å²) < 4.78 is 6.55. The van der Waals surface area contributed by atoms with Gasteiger partial charge >= 0.3 is 0 Å². The molecule has 0 aromatic carbocycles. The highest BCUT2D eigenvalue weighted by Crippen LogP contribution is 2.24. The smallest absolute Gasteiger partial charge is 0.173 e. The van der Waals surface area contributed by atoms with E-state index in [9.17, 15) is 0 Å². The third-order valence-corrected chi connectivity index (χ3v) is 10.6. The van der Waals surface area contributed by atoms with E-state index >= 15 is 0 Å². The quantitative estimate of drug-likeness (QED) is 0.398. The van der Waals surface area contributed by atoms with E-state index in [0.29, 0.717) is 0 Å². The van der Waals surface area contributed by atoms with Gasteiger partial charge < -0.3 is 4.12 Å². The molecule has 1 nitrogen and oxygen atoms in total. The van der Waals surface area contributed by atoms with Gasteiger partial charge in [-0.25, -0.2) is 0 Å². The van der Waals surface area contributed by atoms with Crippen LogP contribution in [-0.2, 0) is 4.12 Å². The SMILES string of the molecule is CCCCC[Si](C)(C)O[Si](C)(C)CCCC. The lowest BCUT2D eigenvalue weighted by atomic mass is 10.3. The first-order valence-corrected chi connectivity index (χ1v) is 13.3. The van der Waals surface area contributed by atoms with E-state index in [0.717, 1.165) is 0 Å². The molecule has 0 aromatic heterocycles. The summed E-state index contributed by atoms with van der Waals surface area (Å²) in [5, 5.41) is 0. The second kappa shape index (κ2) is 7.67. The van der Waals surface area contributed by atoms with Crippen LogP contribution in [0.4, 0.5) is 0 Å². The number of rotatable bonds is 9. The van der Waals surface area contributed by atoms with Crippen LogP contribution in [0.2, 0.25) is 38.3 Å². The van der Waals surface area contributed by atoms with E-state index in [1.54, 1.807) is 0 Å². The molecule has 0 aliphatic rings. The van der Waals surface area contributed by atoms with Crippen molar-refractivity contribution >= 4 is 16.6 Å². The zero-order valence-electron chi connectivity index (χ0n) is 12.4. The second-order valence-corrected chi connectivity index (χ2v) is 15.0. The molecule has 0 amide bonds. The predicted molar refractivity (Wildman–Crippen MR) is 80.1 cm³/mol. The average Bonchev–Trinajstić information content (AvgIpc) is 2.13. The summed E-state index contributed by atoms with van der Waals surface area (Å²) >= 11 is 0. The summed E-state index contributed by atoms with van der Waals surface area (Å²) in [6, 6.07) is 2.69. The Kier molecular flexibility index (Phi) is 7.86. The minimum Gasteiger partial charge on any atom is -0.455 e. The van der Waals surface area contributed by atoms with Crippen molar-refractivity contribution in [1.82, 2.24) is 0 Å². The summed E-state index contributed by atoms with van der Waals surface area (Å²) in [7, 11) is -2.72. The molecule has 0 saturated heterocycles. The molecule has 0 rings (SSSR count). The predicted octanol–water partition coefficient (Wildman–Crippen LogP) is 5.40. The van der Waals surface area contributed by atoms with Crippen molar-refractivity contribution in [2.24, 2.45) is 0 Å². The first kappa shape index (κ1) is 16.4. The molecule has 98 valence electrons. The Bertz CT molecular complexity index is 179. The largest absolute Gasteiger partial charge is 0.455 e. The lowest BCUT2D eigenvalue weighted by Gasteiger charge is -2.34. The van der Waals surface area contributed by atoms with Crippen molar-refractivity contribution in [3.63, 3.8) is 0 Å². The summed E-state index contributed by atoms with van der Waals surface area (Å²) in [5.41, 5.74) is 0. The maximum Gasteiger partial charge on any atom is 0.173 e. The summed E-state index contributed by atoms with van der Waals surface area (Å²) in [6.45, 7) is 14.2. The van der Waals surface area contributed by atoms with Crippen LogP contribution in [0, 0.1) is 0 Å². The zero-order chi connectivity index (χ0) is 12.7. The lowest BCUT2D eigenvalue weighted by Crippen LogP contribution is -2.44. The fourth-order valence-electron chi connectivity index (χ4n) is 2.25. The van der Waals surface area contributed by atoms with Gasteiger partial charge in [-0.1, -0.05) is 46.0 Å². The van der Waals surface area contributed by atoms with Crippen LogP contribution in [0.3, 0.4) is 0 Å². The number of hydrogen-bond donors (Lipinski definition) is 0. The van der Waals surface area contributed by atoms with Gasteiger partial charge in [0.2, 0.25) is 0 Å².